The second-order valence-corrected chi connectivity index (χ2v) is 7.94. The highest BCUT2D eigenvalue weighted by Crippen LogP contribution is 2.38. The van der Waals surface area contributed by atoms with Gasteiger partial charge in [-0.05, 0) is 24.6 Å². The van der Waals surface area contributed by atoms with Crippen LogP contribution in [0.5, 0.6) is 0 Å². The minimum absolute atomic E-state index is 0.00358. The summed E-state index contributed by atoms with van der Waals surface area (Å²) in [7, 11) is 0. The minimum atomic E-state index is -1.88. The van der Waals surface area contributed by atoms with E-state index in [2.05, 4.69) is 10.6 Å². The van der Waals surface area contributed by atoms with Gasteiger partial charge in [-0.15, -0.1) is 0 Å². The molecule has 1 unspecified atom stereocenters. The Morgan fingerprint density at radius 2 is 1.80 bits per heavy atom. The van der Waals surface area contributed by atoms with E-state index >= 15 is 0 Å². The number of nitrogens with one attached hydrogen (secondary N) is 3. The Balaban J connectivity index is 1.94. The van der Waals surface area contributed by atoms with Gasteiger partial charge < -0.3 is 26.4 Å². The van der Waals surface area contributed by atoms with Crippen LogP contribution < -0.4 is 16.4 Å². The highest BCUT2D eigenvalue weighted by atomic mass is 19.1. The Bertz CT molecular complexity index is 1190. The molecular formula is C23H23F2N5O5. The lowest BCUT2D eigenvalue weighted by Crippen LogP contribution is -2.61. The average Bonchev–Trinajstić information content (AvgIpc) is 2.80. The van der Waals surface area contributed by atoms with Gasteiger partial charge in [0.1, 0.15) is 17.5 Å². The van der Waals surface area contributed by atoms with Crippen molar-refractivity contribution in [2.45, 2.75) is 18.4 Å². The SMILES string of the molecule is N=C(N)c1ccc(C(=O)NCCC(CC(=O)O)(c2ccc(F)cc2F)N2CCNC(=O)C2=O)cc1. The number of hydrogen-bond acceptors (Lipinski definition) is 5. The van der Waals surface area contributed by atoms with E-state index in [1.54, 1.807) is 0 Å². The molecule has 2 aromatic rings. The molecular weight excluding hydrogens is 464 g/mol. The monoisotopic (exact) mass is 487 g/mol. The zero-order chi connectivity index (χ0) is 25.8. The Hall–Kier alpha value is -4.35. The Labute approximate surface area is 198 Å². The maximum atomic E-state index is 14.9. The van der Waals surface area contributed by atoms with Crippen molar-refractivity contribution in [2.24, 2.45) is 5.73 Å². The predicted octanol–water partition coefficient (Wildman–Crippen LogP) is 0.697. The van der Waals surface area contributed by atoms with E-state index in [0.717, 1.165) is 17.0 Å². The summed E-state index contributed by atoms with van der Waals surface area (Å²) in [5.41, 5.74) is 3.86. The van der Waals surface area contributed by atoms with Crippen molar-refractivity contribution < 1.29 is 33.1 Å². The second-order valence-electron chi connectivity index (χ2n) is 7.94. The first-order chi connectivity index (χ1) is 16.5. The van der Waals surface area contributed by atoms with E-state index in [1.807, 2.05) is 0 Å². The quantitative estimate of drug-likeness (QED) is 0.198. The number of carboxylic acid groups (broad SMARTS) is 1. The molecule has 6 N–H and O–H groups in total. The molecule has 1 atom stereocenters. The van der Waals surface area contributed by atoms with Crippen LogP contribution in [0, 0.1) is 17.0 Å². The summed E-state index contributed by atoms with van der Waals surface area (Å²) < 4.78 is 28.6. The molecule has 1 heterocycles. The topological polar surface area (TPSA) is 166 Å². The zero-order valence-electron chi connectivity index (χ0n) is 18.4. The first-order valence-corrected chi connectivity index (χ1v) is 10.5. The number of halogens is 2. The highest BCUT2D eigenvalue weighted by Gasteiger charge is 2.47. The number of nitrogen functional groups attached to an aromatic ring is 1. The molecule has 3 rings (SSSR count). The number of carbonyl (C=O) groups is 4. The number of carbonyl (C=O) groups excluding carboxylic acids is 3. The molecule has 3 amide bonds. The van der Waals surface area contributed by atoms with Crippen LogP contribution in [-0.2, 0) is 19.9 Å². The standard InChI is InChI=1S/C23H23F2N5O5/c24-15-5-6-16(17(25)11-15)23(12-18(31)32,30-10-9-29-21(34)22(30)35)7-8-28-20(33)14-3-1-13(2-4-14)19(26)27/h1-6,11H,7-10,12H2,(H3,26,27)(H,28,33)(H,29,34)(H,31,32). The third-order valence-corrected chi connectivity index (χ3v) is 5.74. The predicted molar refractivity (Wildman–Crippen MR) is 119 cm³/mol. The van der Waals surface area contributed by atoms with Crippen molar-refractivity contribution in [1.82, 2.24) is 15.5 Å². The van der Waals surface area contributed by atoms with Crippen LogP contribution in [0.25, 0.3) is 0 Å². The summed E-state index contributed by atoms with van der Waals surface area (Å²) in [5, 5.41) is 22.0. The Morgan fingerprint density at radius 1 is 1.14 bits per heavy atom. The number of hydrogen-bond donors (Lipinski definition) is 5. The van der Waals surface area contributed by atoms with Gasteiger partial charge in [-0.25, -0.2) is 8.78 Å². The molecule has 35 heavy (non-hydrogen) atoms. The molecule has 0 bridgehead atoms. The summed E-state index contributed by atoms with van der Waals surface area (Å²) in [6, 6.07) is 8.36. The van der Waals surface area contributed by atoms with Gasteiger partial charge in [0.2, 0.25) is 0 Å². The molecule has 1 saturated heterocycles. The molecule has 1 aliphatic rings. The Morgan fingerprint density at radius 3 is 2.40 bits per heavy atom. The van der Waals surface area contributed by atoms with Crippen LogP contribution in [0.1, 0.15) is 34.3 Å². The van der Waals surface area contributed by atoms with Gasteiger partial charge in [0, 0.05) is 42.4 Å². The van der Waals surface area contributed by atoms with Gasteiger partial charge in [-0.2, -0.15) is 0 Å². The van der Waals surface area contributed by atoms with Crippen LogP contribution >= 0.6 is 0 Å². The van der Waals surface area contributed by atoms with E-state index in [1.165, 1.54) is 24.3 Å². The van der Waals surface area contributed by atoms with Crippen molar-refractivity contribution in [1.29, 1.82) is 5.41 Å². The maximum absolute atomic E-state index is 14.9. The summed E-state index contributed by atoms with van der Waals surface area (Å²) in [5.74, 6) is -6.15. The lowest BCUT2D eigenvalue weighted by molar-refractivity contribution is -0.157. The smallest absolute Gasteiger partial charge is 0.312 e. The fraction of sp³-hybridized carbons (Fsp3) is 0.261. The lowest BCUT2D eigenvalue weighted by atomic mass is 9.80. The molecule has 2 aromatic carbocycles. The summed E-state index contributed by atoms with van der Waals surface area (Å²) in [4.78, 5) is 50.2. The van der Waals surface area contributed by atoms with Crippen molar-refractivity contribution in [3.8, 4) is 0 Å². The molecule has 1 fully saturated rings. The molecule has 0 saturated carbocycles. The van der Waals surface area contributed by atoms with E-state index < -0.39 is 47.3 Å². The first kappa shape index (κ1) is 25.3. The number of carboxylic acids is 1. The van der Waals surface area contributed by atoms with Crippen molar-refractivity contribution in [3.63, 3.8) is 0 Å². The molecule has 0 radical (unpaired) electrons. The normalized spacial score (nSPS) is 15.2. The molecule has 10 nitrogen and oxygen atoms in total. The van der Waals surface area contributed by atoms with E-state index in [9.17, 15) is 33.1 Å². The van der Waals surface area contributed by atoms with Gasteiger partial charge in [-0.3, -0.25) is 24.6 Å². The Kier molecular flexibility index (Phi) is 7.43. The number of benzene rings is 2. The number of amides is 3. The number of nitrogens with zero attached hydrogens (tertiary/aromatic N) is 1. The fourth-order valence-corrected chi connectivity index (χ4v) is 4.09. The van der Waals surface area contributed by atoms with Crippen LogP contribution in [-0.4, -0.2) is 59.2 Å². The molecule has 12 heteroatoms. The second kappa shape index (κ2) is 10.3. The van der Waals surface area contributed by atoms with Gasteiger partial charge >= 0.3 is 17.8 Å². The largest absolute Gasteiger partial charge is 0.481 e. The van der Waals surface area contributed by atoms with Crippen LogP contribution in [0.15, 0.2) is 42.5 Å². The summed E-state index contributed by atoms with van der Waals surface area (Å²) in [6.45, 7) is -0.318. The number of piperazine rings is 1. The molecule has 0 aliphatic carbocycles. The van der Waals surface area contributed by atoms with Crippen LogP contribution in [0.4, 0.5) is 8.78 Å². The van der Waals surface area contributed by atoms with Crippen molar-refractivity contribution >= 4 is 29.5 Å². The molecule has 184 valence electrons. The molecule has 0 spiro atoms. The molecule has 0 aromatic heterocycles. The number of rotatable bonds is 9. The van der Waals surface area contributed by atoms with Crippen LogP contribution in [0.3, 0.4) is 0 Å². The van der Waals surface area contributed by atoms with Gasteiger partial charge in [0.05, 0.1) is 12.0 Å². The number of nitrogens with two attached hydrogens (primary N) is 1. The highest BCUT2D eigenvalue weighted by molar-refractivity contribution is 6.35. The third kappa shape index (κ3) is 5.42. The van der Waals surface area contributed by atoms with Crippen molar-refractivity contribution in [3.05, 3.63) is 70.8 Å². The minimum Gasteiger partial charge on any atom is -0.481 e. The lowest BCUT2D eigenvalue weighted by Gasteiger charge is -2.45. The molecule has 1 aliphatic heterocycles. The summed E-state index contributed by atoms with van der Waals surface area (Å²) >= 11 is 0. The zero-order valence-corrected chi connectivity index (χ0v) is 18.4. The fourth-order valence-electron chi connectivity index (χ4n) is 4.09. The first-order valence-electron chi connectivity index (χ1n) is 10.5. The van der Waals surface area contributed by atoms with Gasteiger partial charge in [-0.1, -0.05) is 18.2 Å². The maximum Gasteiger partial charge on any atom is 0.312 e. The van der Waals surface area contributed by atoms with Crippen LogP contribution in [0.2, 0.25) is 0 Å². The number of amidine groups is 1. The van der Waals surface area contributed by atoms with Gasteiger partial charge in [0.15, 0.2) is 0 Å². The average molecular weight is 487 g/mol. The van der Waals surface area contributed by atoms with E-state index in [0.29, 0.717) is 11.6 Å². The van der Waals surface area contributed by atoms with Crippen molar-refractivity contribution in [2.75, 3.05) is 19.6 Å². The van der Waals surface area contributed by atoms with Gasteiger partial charge in [0.25, 0.3) is 5.91 Å². The van der Waals surface area contributed by atoms with E-state index in [4.69, 9.17) is 11.1 Å². The number of aliphatic carboxylic acids is 1. The summed E-state index contributed by atoms with van der Waals surface area (Å²) in [6.07, 6.45) is -1.07. The van der Waals surface area contributed by atoms with E-state index in [-0.39, 0.29) is 43.0 Å². The third-order valence-electron chi connectivity index (χ3n) is 5.74.